The maximum Gasteiger partial charge on any atom is 0.222 e. The monoisotopic (exact) mass is 426 g/mol. The van der Waals surface area contributed by atoms with E-state index < -0.39 is 0 Å². The average molecular weight is 427 g/mol. The molecule has 154 valence electrons. The average Bonchev–Trinajstić information content (AvgIpc) is 3.10. The Morgan fingerprint density at radius 1 is 1.21 bits per heavy atom. The molecule has 0 spiro atoms. The van der Waals surface area contributed by atoms with Crippen molar-refractivity contribution < 1.29 is 4.79 Å². The van der Waals surface area contributed by atoms with E-state index in [1.807, 2.05) is 23.1 Å². The Balaban J connectivity index is 0.00000140. The third-order valence-corrected chi connectivity index (χ3v) is 5.18. The molecule has 0 unspecified atom stereocenters. The predicted molar refractivity (Wildman–Crippen MR) is 114 cm³/mol. The second-order valence-electron chi connectivity index (χ2n) is 7.04. The summed E-state index contributed by atoms with van der Waals surface area (Å²) in [6.45, 7) is 4.38. The Hall–Kier alpha value is -1.83. The lowest BCUT2D eigenvalue weighted by molar-refractivity contribution is -0.132. The fraction of sp³-hybridized carbons (Fsp3) is 0.526. The molecule has 4 heterocycles. The van der Waals surface area contributed by atoms with Gasteiger partial charge in [0, 0.05) is 51.3 Å². The van der Waals surface area contributed by atoms with E-state index in [4.69, 9.17) is 0 Å². The Morgan fingerprint density at radius 3 is 2.75 bits per heavy atom. The van der Waals surface area contributed by atoms with Crippen molar-refractivity contribution in [3.8, 4) is 0 Å². The molecule has 9 heteroatoms. The molecular weight excluding hydrogens is 399 g/mol. The fourth-order valence-electron chi connectivity index (χ4n) is 3.70. The number of hydrogen-bond acceptors (Lipinski definition) is 5. The van der Waals surface area contributed by atoms with Crippen molar-refractivity contribution in [1.82, 2.24) is 25.0 Å². The van der Waals surface area contributed by atoms with E-state index in [-0.39, 0.29) is 30.7 Å². The molecule has 1 saturated heterocycles. The molecule has 0 bridgehead atoms. The third kappa shape index (κ3) is 5.59. The summed E-state index contributed by atoms with van der Waals surface area (Å²) >= 11 is 0. The van der Waals surface area contributed by atoms with Crippen LogP contribution in [-0.2, 0) is 24.3 Å². The van der Waals surface area contributed by atoms with Crippen LogP contribution in [0.25, 0.3) is 0 Å². The Labute approximate surface area is 178 Å². The van der Waals surface area contributed by atoms with Crippen LogP contribution in [0.4, 0.5) is 5.82 Å². The van der Waals surface area contributed by atoms with E-state index in [0.717, 1.165) is 63.5 Å². The van der Waals surface area contributed by atoms with Crippen molar-refractivity contribution in [2.75, 3.05) is 25.0 Å². The molecule has 2 aliphatic rings. The summed E-state index contributed by atoms with van der Waals surface area (Å²) in [6.07, 6.45) is 5.00. The van der Waals surface area contributed by atoms with Gasteiger partial charge in [-0.3, -0.25) is 9.48 Å². The molecule has 2 aliphatic heterocycles. The third-order valence-electron chi connectivity index (χ3n) is 5.18. The summed E-state index contributed by atoms with van der Waals surface area (Å²) in [4.78, 5) is 18.8. The molecule has 1 fully saturated rings. The molecular formula is C19H28Cl2N6O. The van der Waals surface area contributed by atoms with Gasteiger partial charge in [-0.2, -0.15) is 5.10 Å². The standard InChI is InChI=1S/C19H26N6O.2ClH/c26-19(5-4-16-13-17-14-20-9-12-25(17)23-16)24-10-6-15(7-11-24)22-18-3-1-2-8-21-18;;/h1-3,8,13,15,20H,4-7,9-12,14H2,(H,21,22);2*1H. The van der Waals surface area contributed by atoms with Crippen LogP contribution in [0.3, 0.4) is 0 Å². The molecule has 2 N–H and O–H groups in total. The van der Waals surface area contributed by atoms with E-state index >= 15 is 0 Å². The molecule has 2 aromatic heterocycles. The van der Waals surface area contributed by atoms with Crippen LogP contribution >= 0.6 is 24.8 Å². The van der Waals surface area contributed by atoms with Crippen LogP contribution in [0.5, 0.6) is 0 Å². The molecule has 0 aliphatic carbocycles. The minimum atomic E-state index is 0. The van der Waals surface area contributed by atoms with Gasteiger partial charge in [0.05, 0.1) is 17.9 Å². The number of piperidine rings is 1. The van der Waals surface area contributed by atoms with E-state index in [2.05, 4.69) is 31.5 Å². The highest BCUT2D eigenvalue weighted by Gasteiger charge is 2.23. The van der Waals surface area contributed by atoms with E-state index in [0.29, 0.717) is 12.5 Å². The second kappa shape index (κ2) is 10.6. The van der Waals surface area contributed by atoms with E-state index in [9.17, 15) is 4.79 Å². The first-order valence-electron chi connectivity index (χ1n) is 9.49. The number of carbonyl (C=O) groups is 1. The van der Waals surface area contributed by atoms with Crippen LogP contribution < -0.4 is 10.6 Å². The van der Waals surface area contributed by atoms with Gasteiger partial charge in [-0.15, -0.1) is 24.8 Å². The van der Waals surface area contributed by atoms with Gasteiger partial charge in [-0.05, 0) is 31.0 Å². The second-order valence-corrected chi connectivity index (χ2v) is 7.04. The summed E-state index contributed by atoms with van der Waals surface area (Å²) in [6, 6.07) is 8.40. The zero-order valence-electron chi connectivity index (χ0n) is 15.8. The van der Waals surface area contributed by atoms with Crippen molar-refractivity contribution in [3.63, 3.8) is 0 Å². The highest BCUT2D eigenvalue weighted by molar-refractivity contribution is 5.85. The number of amides is 1. The molecule has 7 nitrogen and oxygen atoms in total. The lowest BCUT2D eigenvalue weighted by Crippen LogP contribution is -2.42. The van der Waals surface area contributed by atoms with Crippen molar-refractivity contribution in [3.05, 3.63) is 41.9 Å². The summed E-state index contributed by atoms with van der Waals surface area (Å²) in [5.41, 5.74) is 2.25. The highest BCUT2D eigenvalue weighted by Crippen LogP contribution is 2.17. The van der Waals surface area contributed by atoms with Gasteiger partial charge in [-0.1, -0.05) is 6.07 Å². The highest BCUT2D eigenvalue weighted by atomic mass is 35.5. The normalized spacial score (nSPS) is 16.5. The number of pyridine rings is 1. The molecule has 0 aromatic carbocycles. The number of fused-ring (bicyclic) bond motifs is 1. The van der Waals surface area contributed by atoms with Gasteiger partial charge < -0.3 is 15.5 Å². The number of rotatable bonds is 5. The topological polar surface area (TPSA) is 75.1 Å². The SMILES string of the molecule is Cl.Cl.O=C(CCc1cc2n(n1)CCNC2)N1CCC(Nc2ccccn2)CC1. The summed E-state index contributed by atoms with van der Waals surface area (Å²) in [5, 5.41) is 11.4. The number of hydrogen-bond donors (Lipinski definition) is 2. The number of aryl methyl sites for hydroxylation is 1. The maximum atomic E-state index is 12.5. The van der Waals surface area contributed by atoms with Gasteiger partial charge >= 0.3 is 0 Å². The molecule has 0 radical (unpaired) electrons. The first kappa shape index (κ1) is 22.5. The lowest BCUT2D eigenvalue weighted by Gasteiger charge is -2.32. The van der Waals surface area contributed by atoms with E-state index in [1.54, 1.807) is 6.20 Å². The lowest BCUT2D eigenvalue weighted by atomic mass is 10.0. The van der Waals surface area contributed by atoms with Gasteiger partial charge in [0.15, 0.2) is 0 Å². The molecule has 2 aromatic rings. The van der Waals surface area contributed by atoms with Gasteiger partial charge in [0.1, 0.15) is 5.82 Å². The quantitative estimate of drug-likeness (QED) is 0.766. The molecule has 0 saturated carbocycles. The number of nitrogens with zero attached hydrogens (tertiary/aromatic N) is 4. The summed E-state index contributed by atoms with van der Waals surface area (Å²) < 4.78 is 2.06. The smallest absolute Gasteiger partial charge is 0.222 e. The largest absolute Gasteiger partial charge is 0.367 e. The number of carbonyl (C=O) groups excluding carboxylic acids is 1. The zero-order valence-corrected chi connectivity index (χ0v) is 17.5. The first-order valence-corrected chi connectivity index (χ1v) is 9.49. The van der Waals surface area contributed by atoms with Crippen LogP contribution in [0, 0.1) is 0 Å². The number of anilines is 1. The summed E-state index contributed by atoms with van der Waals surface area (Å²) in [5.74, 6) is 1.15. The van der Waals surface area contributed by atoms with Crippen molar-refractivity contribution in [2.45, 2.75) is 44.8 Å². The Bertz CT molecular complexity index is 723. The van der Waals surface area contributed by atoms with Gasteiger partial charge in [0.25, 0.3) is 0 Å². The number of nitrogens with one attached hydrogen (secondary N) is 2. The fourth-order valence-corrected chi connectivity index (χ4v) is 3.70. The zero-order chi connectivity index (χ0) is 17.8. The number of likely N-dealkylation sites (tertiary alicyclic amines) is 1. The van der Waals surface area contributed by atoms with Crippen molar-refractivity contribution >= 4 is 36.5 Å². The predicted octanol–water partition coefficient (Wildman–Crippen LogP) is 2.26. The van der Waals surface area contributed by atoms with Gasteiger partial charge in [-0.25, -0.2) is 4.98 Å². The molecule has 0 atom stereocenters. The maximum absolute atomic E-state index is 12.5. The Morgan fingerprint density at radius 2 is 2.04 bits per heavy atom. The van der Waals surface area contributed by atoms with Crippen LogP contribution in [0.1, 0.15) is 30.7 Å². The number of halogens is 2. The Kier molecular flexibility index (Phi) is 8.54. The molecule has 4 rings (SSSR count). The number of aromatic nitrogens is 3. The van der Waals surface area contributed by atoms with Gasteiger partial charge in [0.2, 0.25) is 5.91 Å². The van der Waals surface area contributed by atoms with Crippen LogP contribution in [0.2, 0.25) is 0 Å². The van der Waals surface area contributed by atoms with E-state index in [1.165, 1.54) is 5.69 Å². The minimum absolute atomic E-state index is 0. The summed E-state index contributed by atoms with van der Waals surface area (Å²) in [7, 11) is 0. The minimum Gasteiger partial charge on any atom is -0.367 e. The van der Waals surface area contributed by atoms with Crippen LogP contribution in [0.15, 0.2) is 30.5 Å². The molecule has 1 amide bonds. The van der Waals surface area contributed by atoms with Crippen LogP contribution in [-0.4, -0.2) is 51.2 Å². The van der Waals surface area contributed by atoms with Crippen molar-refractivity contribution in [2.24, 2.45) is 0 Å². The van der Waals surface area contributed by atoms with Crippen molar-refractivity contribution in [1.29, 1.82) is 0 Å². The first-order chi connectivity index (χ1) is 12.8. The molecule has 28 heavy (non-hydrogen) atoms.